The molecule has 0 saturated heterocycles. The third-order valence-corrected chi connectivity index (χ3v) is 4.85. The summed E-state index contributed by atoms with van der Waals surface area (Å²) in [5.74, 6) is 0.706. The fourth-order valence-electron chi connectivity index (χ4n) is 1.27. The highest BCUT2D eigenvalue weighted by Gasteiger charge is 2.24. The van der Waals surface area contributed by atoms with E-state index in [4.69, 9.17) is 32.2 Å². The lowest BCUT2D eigenvalue weighted by Gasteiger charge is -2.18. The minimum absolute atomic E-state index is 0.185. The monoisotopic (exact) mass is 296 g/mol. The maximum atomic E-state index is 12.2. The third-order valence-electron chi connectivity index (χ3n) is 2.06. The fraction of sp³-hybridized carbons (Fsp3) is 0.455. The minimum Gasteiger partial charge on any atom is -0.424 e. The Labute approximate surface area is 112 Å². The first-order chi connectivity index (χ1) is 8.00. The number of alkyl halides is 1. The normalized spacial score (nSPS) is 14.4. The Hall–Kier alpha value is -0.210. The molecular weight excluding hydrogens is 282 g/mol. The van der Waals surface area contributed by atoms with E-state index in [9.17, 15) is 4.57 Å². The van der Waals surface area contributed by atoms with Crippen molar-refractivity contribution in [2.45, 2.75) is 13.8 Å². The van der Waals surface area contributed by atoms with E-state index in [1.54, 1.807) is 25.1 Å². The summed E-state index contributed by atoms with van der Waals surface area (Å²) in [5, 5.41) is 0.640. The predicted octanol–water partition coefficient (Wildman–Crippen LogP) is 4.50. The van der Waals surface area contributed by atoms with Gasteiger partial charge in [-0.1, -0.05) is 11.6 Å². The Morgan fingerprint density at radius 3 is 2.65 bits per heavy atom. The van der Waals surface area contributed by atoms with Crippen molar-refractivity contribution in [3.05, 3.63) is 28.8 Å². The van der Waals surface area contributed by atoms with Crippen LogP contribution in [0.25, 0.3) is 0 Å². The van der Waals surface area contributed by atoms with Crippen molar-refractivity contribution < 1.29 is 13.6 Å². The molecule has 3 nitrogen and oxygen atoms in total. The summed E-state index contributed by atoms with van der Waals surface area (Å²) in [7, 11) is -3.15. The summed E-state index contributed by atoms with van der Waals surface area (Å²) in [6.07, 6.45) is 0.185. The van der Waals surface area contributed by atoms with Crippen LogP contribution in [0.3, 0.4) is 0 Å². The van der Waals surface area contributed by atoms with Crippen LogP contribution in [0.1, 0.15) is 12.5 Å². The molecule has 0 heterocycles. The lowest BCUT2D eigenvalue weighted by Crippen LogP contribution is -2.03. The van der Waals surface area contributed by atoms with Crippen molar-refractivity contribution >= 4 is 30.8 Å². The van der Waals surface area contributed by atoms with Gasteiger partial charge in [0.25, 0.3) is 0 Å². The Bertz CT molecular complexity index is 413. The summed E-state index contributed by atoms with van der Waals surface area (Å²) in [6.45, 7) is 3.93. The molecule has 0 amide bonds. The molecule has 6 heteroatoms. The predicted molar refractivity (Wildman–Crippen MR) is 71.6 cm³/mol. The topological polar surface area (TPSA) is 35.5 Å². The molecule has 17 heavy (non-hydrogen) atoms. The van der Waals surface area contributed by atoms with Crippen LogP contribution in [0.15, 0.2) is 18.2 Å². The molecule has 0 radical (unpaired) electrons. The second-order valence-corrected chi connectivity index (χ2v) is 6.34. The molecule has 0 aromatic heterocycles. The molecule has 96 valence electrons. The summed E-state index contributed by atoms with van der Waals surface area (Å²) in [6, 6.07) is 5.08. The van der Waals surface area contributed by atoms with Gasteiger partial charge in [0, 0.05) is 10.9 Å². The SMILES string of the molecule is CCOP(=O)(CCCl)Oc1ccc(Cl)c(C)c1. The van der Waals surface area contributed by atoms with Crippen LogP contribution in [0.4, 0.5) is 0 Å². The Morgan fingerprint density at radius 1 is 1.41 bits per heavy atom. The van der Waals surface area contributed by atoms with E-state index in [0.29, 0.717) is 17.4 Å². The number of hydrogen-bond donors (Lipinski definition) is 0. The molecular formula is C11H15Cl2O3P. The molecule has 0 N–H and O–H groups in total. The van der Waals surface area contributed by atoms with E-state index in [1.165, 1.54) is 0 Å². The summed E-state index contributed by atoms with van der Waals surface area (Å²) in [4.78, 5) is 0. The van der Waals surface area contributed by atoms with Crippen LogP contribution in [0.5, 0.6) is 5.75 Å². The molecule has 0 fully saturated rings. The van der Waals surface area contributed by atoms with Crippen molar-refractivity contribution in [3.63, 3.8) is 0 Å². The van der Waals surface area contributed by atoms with Gasteiger partial charge in [0.2, 0.25) is 0 Å². The quantitative estimate of drug-likeness (QED) is 0.573. The van der Waals surface area contributed by atoms with E-state index in [2.05, 4.69) is 0 Å². The zero-order valence-electron chi connectivity index (χ0n) is 9.78. The van der Waals surface area contributed by atoms with Crippen LogP contribution >= 0.6 is 30.8 Å². The molecule has 1 atom stereocenters. The maximum Gasteiger partial charge on any atom is 0.380 e. The highest BCUT2D eigenvalue weighted by atomic mass is 35.5. The number of halogens is 2. The summed E-state index contributed by atoms with van der Waals surface area (Å²) >= 11 is 11.5. The van der Waals surface area contributed by atoms with E-state index in [1.807, 2.05) is 6.92 Å². The minimum atomic E-state index is -3.15. The molecule has 1 rings (SSSR count). The highest BCUT2D eigenvalue weighted by Crippen LogP contribution is 2.48. The van der Waals surface area contributed by atoms with Crippen molar-refractivity contribution in [3.8, 4) is 5.75 Å². The molecule has 0 bridgehead atoms. The van der Waals surface area contributed by atoms with Crippen LogP contribution < -0.4 is 4.52 Å². The van der Waals surface area contributed by atoms with Crippen molar-refractivity contribution in [2.24, 2.45) is 0 Å². The van der Waals surface area contributed by atoms with Crippen molar-refractivity contribution in [2.75, 3.05) is 18.6 Å². The van der Waals surface area contributed by atoms with Crippen LogP contribution in [-0.2, 0) is 9.09 Å². The van der Waals surface area contributed by atoms with E-state index >= 15 is 0 Å². The number of benzene rings is 1. The molecule has 1 aromatic rings. The zero-order valence-corrected chi connectivity index (χ0v) is 12.2. The van der Waals surface area contributed by atoms with E-state index in [-0.39, 0.29) is 12.0 Å². The summed E-state index contributed by atoms with van der Waals surface area (Å²) < 4.78 is 22.8. The number of rotatable bonds is 6. The molecule has 1 unspecified atom stereocenters. The molecule has 0 aliphatic rings. The van der Waals surface area contributed by atoms with Gasteiger partial charge in [-0.3, -0.25) is 0 Å². The van der Waals surface area contributed by atoms with Gasteiger partial charge in [0.15, 0.2) is 0 Å². The van der Waals surface area contributed by atoms with Crippen molar-refractivity contribution in [1.29, 1.82) is 0 Å². The first-order valence-electron chi connectivity index (χ1n) is 5.26. The molecule has 0 aliphatic heterocycles. The highest BCUT2D eigenvalue weighted by molar-refractivity contribution is 7.54. The van der Waals surface area contributed by atoms with Gasteiger partial charge in [-0.2, -0.15) is 0 Å². The second-order valence-electron chi connectivity index (χ2n) is 3.44. The largest absolute Gasteiger partial charge is 0.424 e. The smallest absolute Gasteiger partial charge is 0.380 e. The second kappa shape index (κ2) is 6.65. The van der Waals surface area contributed by atoms with Crippen LogP contribution in [0, 0.1) is 6.92 Å². The lowest BCUT2D eigenvalue weighted by atomic mass is 10.2. The summed E-state index contributed by atoms with van der Waals surface area (Å²) in [5.41, 5.74) is 0.859. The van der Waals surface area contributed by atoms with Crippen molar-refractivity contribution in [1.82, 2.24) is 0 Å². The standard InChI is InChI=1S/C11H15Cl2O3P/c1-3-15-17(14,7-6-12)16-10-4-5-11(13)9(2)8-10/h4-5,8H,3,6-7H2,1-2H3. The van der Waals surface area contributed by atoms with E-state index < -0.39 is 7.60 Å². The lowest BCUT2D eigenvalue weighted by molar-refractivity contribution is 0.280. The average molecular weight is 297 g/mol. The zero-order chi connectivity index (χ0) is 12.9. The maximum absolute atomic E-state index is 12.2. The molecule has 0 aliphatic carbocycles. The fourth-order valence-corrected chi connectivity index (χ4v) is 3.32. The first-order valence-corrected chi connectivity index (χ1v) is 7.90. The molecule has 0 saturated carbocycles. The van der Waals surface area contributed by atoms with E-state index in [0.717, 1.165) is 5.56 Å². The van der Waals surface area contributed by atoms with Gasteiger partial charge in [0.05, 0.1) is 12.8 Å². The average Bonchev–Trinajstić information content (AvgIpc) is 2.24. The van der Waals surface area contributed by atoms with Crippen LogP contribution in [0.2, 0.25) is 5.02 Å². The van der Waals surface area contributed by atoms with Gasteiger partial charge >= 0.3 is 7.60 Å². The van der Waals surface area contributed by atoms with Crippen LogP contribution in [-0.4, -0.2) is 18.6 Å². The van der Waals surface area contributed by atoms with Gasteiger partial charge in [-0.05, 0) is 37.6 Å². The first kappa shape index (κ1) is 14.8. The van der Waals surface area contributed by atoms with Gasteiger partial charge < -0.3 is 9.05 Å². The number of aryl methyl sites for hydroxylation is 1. The molecule has 1 aromatic carbocycles. The Balaban J connectivity index is 2.86. The van der Waals surface area contributed by atoms with Gasteiger partial charge in [-0.15, -0.1) is 11.6 Å². The Kier molecular flexibility index (Phi) is 5.81. The number of hydrogen-bond acceptors (Lipinski definition) is 3. The van der Waals surface area contributed by atoms with Gasteiger partial charge in [0.1, 0.15) is 5.75 Å². The Morgan fingerprint density at radius 2 is 2.12 bits per heavy atom. The third kappa shape index (κ3) is 4.51. The molecule has 0 spiro atoms. The van der Waals surface area contributed by atoms with Gasteiger partial charge in [-0.25, -0.2) is 4.57 Å².